The molecule has 0 amide bonds. The molecule has 17 heavy (non-hydrogen) atoms. The SMILES string of the molecule is N#Cc1ccnnc1NC1(C(=O)O)CCOC1. The van der Waals surface area contributed by atoms with Crippen LogP contribution in [0.25, 0.3) is 0 Å². The van der Waals surface area contributed by atoms with Crippen molar-refractivity contribution < 1.29 is 14.6 Å². The predicted octanol–water partition coefficient (Wildman–Crippen LogP) is 0.00388. The standard InChI is InChI=1S/C10H10N4O3/c11-5-7-1-3-12-14-8(7)13-10(9(15)16)2-4-17-6-10/h1,3H,2,4,6H2,(H,13,14)(H,15,16). The molecule has 88 valence electrons. The zero-order chi connectivity index (χ0) is 12.3. The maximum atomic E-state index is 11.3. The molecule has 1 aromatic heterocycles. The third-order valence-corrected chi connectivity index (χ3v) is 2.63. The summed E-state index contributed by atoms with van der Waals surface area (Å²) >= 11 is 0. The second kappa shape index (κ2) is 4.35. The number of carbonyl (C=O) groups is 1. The van der Waals surface area contributed by atoms with E-state index in [9.17, 15) is 9.90 Å². The highest BCUT2D eigenvalue weighted by Gasteiger charge is 2.43. The normalized spacial score (nSPS) is 23.0. The fraction of sp³-hybridized carbons (Fsp3) is 0.400. The topological polar surface area (TPSA) is 108 Å². The summed E-state index contributed by atoms with van der Waals surface area (Å²) < 4.78 is 5.09. The maximum Gasteiger partial charge on any atom is 0.331 e. The summed E-state index contributed by atoms with van der Waals surface area (Å²) in [4.78, 5) is 11.3. The van der Waals surface area contributed by atoms with Crippen LogP contribution in [0.4, 0.5) is 5.82 Å². The first-order valence-corrected chi connectivity index (χ1v) is 4.99. The molecule has 2 N–H and O–H groups in total. The molecule has 0 aliphatic carbocycles. The Morgan fingerprint density at radius 1 is 1.71 bits per heavy atom. The van der Waals surface area contributed by atoms with Crippen molar-refractivity contribution in [3.05, 3.63) is 17.8 Å². The molecule has 0 radical (unpaired) electrons. The van der Waals surface area contributed by atoms with Crippen LogP contribution in [0, 0.1) is 11.3 Å². The Kier molecular flexibility index (Phi) is 2.89. The number of hydrogen-bond acceptors (Lipinski definition) is 6. The molecule has 2 rings (SSSR count). The van der Waals surface area contributed by atoms with Crippen LogP contribution in [0.2, 0.25) is 0 Å². The molecule has 1 fully saturated rings. The van der Waals surface area contributed by atoms with Crippen LogP contribution in [0.5, 0.6) is 0 Å². The highest BCUT2D eigenvalue weighted by Crippen LogP contribution is 2.24. The maximum absolute atomic E-state index is 11.3. The predicted molar refractivity (Wildman–Crippen MR) is 56.2 cm³/mol. The lowest BCUT2D eigenvalue weighted by molar-refractivity contribution is -0.142. The fourth-order valence-electron chi connectivity index (χ4n) is 1.63. The Bertz CT molecular complexity index is 477. The van der Waals surface area contributed by atoms with E-state index < -0.39 is 11.5 Å². The van der Waals surface area contributed by atoms with Gasteiger partial charge in [-0.3, -0.25) is 0 Å². The third kappa shape index (κ3) is 2.03. The lowest BCUT2D eigenvalue weighted by Gasteiger charge is -2.24. The van der Waals surface area contributed by atoms with Gasteiger partial charge >= 0.3 is 5.97 Å². The molecular formula is C10H10N4O3. The van der Waals surface area contributed by atoms with E-state index in [0.717, 1.165) is 0 Å². The minimum Gasteiger partial charge on any atom is -0.479 e. The number of rotatable bonds is 3. The van der Waals surface area contributed by atoms with Crippen LogP contribution in [-0.4, -0.2) is 40.0 Å². The number of aliphatic carboxylic acids is 1. The number of carboxylic acid groups (broad SMARTS) is 1. The second-order valence-electron chi connectivity index (χ2n) is 3.72. The van der Waals surface area contributed by atoms with E-state index >= 15 is 0 Å². The van der Waals surface area contributed by atoms with Crippen LogP contribution < -0.4 is 5.32 Å². The summed E-state index contributed by atoms with van der Waals surface area (Å²) in [5, 5.41) is 28.2. The molecule has 1 aliphatic rings. The van der Waals surface area contributed by atoms with Crippen molar-refractivity contribution in [2.24, 2.45) is 0 Å². The van der Waals surface area contributed by atoms with Crippen molar-refractivity contribution in [2.75, 3.05) is 18.5 Å². The molecule has 2 heterocycles. The van der Waals surface area contributed by atoms with Crippen LogP contribution in [0.15, 0.2) is 12.3 Å². The van der Waals surface area contributed by atoms with Gasteiger partial charge in [-0.1, -0.05) is 0 Å². The quantitative estimate of drug-likeness (QED) is 0.757. The molecule has 1 atom stereocenters. The van der Waals surface area contributed by atoms with Gasteiger partial charge in [-0.25, -0.2) is 4.79 Å². The van der Waals surface area contributed by atoms with Crippen LogP contribution in [0.1, 0.15) is 12.0 Å². The van der Waals surface area contributed by atoms with Crippen molar-refractivity contribution in [1.29, 1.82) is 5.26 Å². The van der Waals surface area contributed by atoms with Gasteiger partial charge in [0.2, 0.25) is 0 Å². The number of nitriles is 1. The van der Waals surface area contributed by atoms with Crippen molar-refractivity contribution >= 4 is 11.8 Å². The number of hydrogen-bond donors (Lipinski definition) is 2. The van der Waals surface area contributed by atoms with Gasteiger partial charge in [-0.15, -0.1) is 5.10 Å². The van der Waals surface area contributed by atoms with E-state index in [-0.39, 0.29) is 18.0 Å². The van der Waals surface area contributed by atoms with E-state index in [1.165, 1.54) is 12.3 Å². The monoisotopic (exact) mass is 234 g/mol. The van der Waals surface area contributed by atoms with Crippen LogP contribution in [-0.2, 0) is 9.53 Å². The number of aromatic nitrogens is 2. The van der Waals surface area contributed by atoms with Gasteiger partial charge in [0.25, 0.3) is 0 Å². The summed E-state index contributed by atoms with van der Waals surface area (Å²) in [5.41, 5.74) is -0.964. The molecule has 0 saturated carbocycles. The van der Waals surface area contributed by atoms with E-state index in [4.69, 9.17) is 10.00 Å². The zero-order valence-corrected chi connectivity index (χ0v) is 8.88. The summed E-state index contributed by atoms with van der Waals surface area (Å²) in [6.07, 6.45) is 1.70. The highest BCUT2D eigenvalue weighted by molar-refractivity contribution is 5.83. The van der Waals surface area contributed by atoms with E-state index in [1.54, 1.807) is 0 Å². The van der Waals surface area contributed by atoms with Crippen molar-refractivity contribution in [3.63, 3.8) is 0 Å². The Morgan fingerprint density at radius 3 is 3.12 bits per heavy atom. The van der Waals surface area contributed by atoms with Crippen molar-refractivity contribution in [3.8, 4) is 6.07 Å². The zero-order valence-electron chi connectivity index (χ0n) is 8.88. The first-order valence-electron chi connectivity index (χ1n) is 4.99. The van der Waals surface area contributed by atoms with Crippen LogP contribution >= 0.6 is 0 Å². The number of nitrogens with zero attached hydrogens (tertiary/aromatic N) is 3. The van der Waals surface area contributed by atoms with Gasteiger partial charge in [0, 0.05) is 13.0 Å². The van der Waals surface area contributed by atoms with Gasteiger partial charge < -0.3 is 15.2 Å². The Morgan fingerprint density at radius 2 is 2.53 bits per heavy atom. The number of carboxylic acids is 1. The number of anilines is 1. The second-order valence-corrected chi connectivity index (χ2v) is 3.72. The average Bonchev–Trinajstić information content (AvgIpc) is 2.80. The Labute approximate surface area is 97.0 Å². The summed E-state index contributed by atoms with van der Waals surface area (Å²) in [5.74, 6) is -0.854. The summed E-state index contributed by atoms with van der Waals surface area (Å²) in [6, 6.07) is 3.40. The molecule has 1 aromatic rings. The van der Waals surface area contributed by atoms with Gasteiger partial charge in [0.05, 0.1) is 18.4 Å². The smallest absolute Gasteiger partial charge is 0.331 e. The van der Waals surface area contributed by atoms with Gasteiger partial charge in [-0.2, -0.15) is 10.4 Å². The van der Waals surface area contributed by atoms with Gasteiger partial charge in [-0.05, 0) is 6.07 Å². The van der Waals surface area contributed by atoms with Gasteiger partial charge in [0.15, 0.2) is 11.4 Å². The number of ether oxygens (including phenoxy) is 1. The number of nitrogens with one attached hydrogen (secondary N) is 1. The van der Waals surface area contributed by atoms with Gasteiger partial charge in [0.1, 0.15) is 6.07 Å². The average molecular weight is 234 g/mol. The lowest BCUT2D eigenvalue weighted by Crippen LogP contribution is -2.47. The largest absolute Gasteiger partial charge is 0.479 e. The Hall–Kier alpha value is -2.20. The lowest BCUT2D eigenvalue weighted by atomic mass is 9.99. The minimum absolute atomic E-state index is 0.0454. The van der Waals surface area contributed by atoms with E-state index in [1.807, 2.05) is 6.07 Å². The first-order chi connectivity index (χ1) is 8.18. The molecule has 1 saturated heterocycles. The minimum atomic E-state index is -1.22. The molecule has 1 unspecified atom stereocenters. The first kappa shape index (κ1) is 11.3. The molecule has 7 nitrogen and oxygen atoms in total. The summed E-state index contributed by atoms with van der Waals surface area (Å²) in [7, 11) is 0. The Balaban J connectivity index is 2.30. The molecule has 0 spiro atoms. The van der Waals surface area contributed by atoms with E-state index in [2.05, 4.69) is 15.5 Å². The molecular weight excluding hydrogens is 224 g/mol. The fourth-order valence-corrected chi connectivity index (χ4v) is 1.63. The molecule has 7 heteroatoms. The summed E-state index contributed by atoms with van der Waals surface area (Å²) in [6.45, 7) is 0.408. The highest BCUT2D eigenvalue weighted by atomic mass is 16.5. The van der Waals surface area contributed by atoms with Crippen molar-refractivity contribution in [2.45, 2.75) is 12.0 Å². The molecule has 1 aliphatic heterocycles. The van der Waals surface area contributed by atoms with Crippen LogP contribution in [0.3, 0.4) is 0 Å². The molecule has 0 bridgehead atoms. The third-order valence-electron chi connectivity index (χ3n) is 2.63. The van der Waals surface area contributed by atoms with E-state index in [0.29, 0.717) is 13.0 Å². The van der Waals surface area contributed by atoms with Crippen molar-refractivity contribution in [1.82, 2.24) is 10.2 Å². The molecule has 0 aromatic carbocycles.